The molecule has 0 aliphatic rings. The number of quaternary nitrogens is 1. The van der Waals surface area contributed by atoms with Crippen molar-refractivity contribution in [3.63, 3.8) is 0 Å². The van der Waals surface area contributed by atoms with E-state index in [4.69, 9.17) is 0 Å². The summed E-state index contributed by atoms with van der Waals surface area (Å²) < 4.78 is 1.95. The third kappa shape index (κ3) is 8.30. The zero-order chi connectivity index (χ0) is 8.20. The van der Waals surface area contributed by atoms with Crippen LogP contribution in [0.1, 0.15) is 0 Å². The third-order valence-corrected chi connectivity index (χ3v) is 1.47. The average Bonchev–Trinajstić information content (AvgIpc) is 1.59. The molecule has 0 aromatic carbocycles. The minimum Gasteiger partial charge on any atom is -1.00 e. The molecule has 0 rings (SSSR count). The van der Waals surface area contributed by atoms with Crippen molar-refractivity contribution in [2.75, 3.05) is 27.2 Å². The Bertz CT molecular complexity index is 141. The van der Waals surface area contributed by atoms with Crippen LogP contribution in [-0.4, -0.2) is 31.7 Å². The van der Waals surface area contributed by atoms with Crippen LogP contribution >= 0.6 is 15.9 Å². The molecular weight excluding hydrogens is 270 g/mol. The lowest BCUT2D eigenvalue weighted by atomic mass is 10.4. The molecular formula is C8H15Br2N. The van der Waals surface area contributed by atoms with E-state index in [1.807, 2.05) is 6.08 Å². The summed E-state index contributed by atoms with van der Waals surface area (Å²) in [5.41, 5.74) is 0. The average molecular weight is 285 g/mol. The fraction of sp³-hybridized carbons (Fsp3) is 0.500. The Balaban J connectivity index is 0. The highest BCUT2D eigenvalue weighted by Crippen LogP contribution is 2.07. The highest BCUT2D eigenvalue weighted by molar-refractivity contribution is 9.11. The smallest absolute Gasteiger partial charge is 0.110 e. The van der Waals surface area contributed by atoms with Gasteiger partial charge in [-0.05, 0) is 6.08 Å². The summed E-state index contributed by atoms with van der Waals surface area (Å²) in [7, 11) is 4.29. The fourth-order valence-corrected chi connectivity index (χ4v) is 1.56. The maximum Gasteiger partial charge on any atom is 0.110 e. The zero-order valence-electron chi connectivity index (χ0n) is 7.11. The highest BCUT2D eigenvalue weighted by Gasteiger charge is 2.12. The molecule has 66 valence electrons. The lowest BCUT2D eigenvalue weighted by Crippen LogP contribution is -3.00. The van der Waals surface area contributed by atoms with Gasteiger partial charge in [-0.25, -0.2) is 0 Å². The first-order valence-electron chi connectivity index (χ1n) is 3.24. The summed E-state index contributed by atoms with van der Waals surface area (Å²) in [6, 6.07) is 0. The maximum atomic E-state index is 3.79. The van der Waals surface area contributed by atoms with Gasteiger partial charge in [-0.2, -0.15) is 0 Å². The van der Waals surface area contributed by atoms with Gasteiger partial charge in [0.15, 0.2) is 0 Å². The summed E-state index contributed by atoms with van der Waals surface area (Å²) in [4.78, 5) is 0. The Morgan fingerprint density at radius 1 is 1.55 bits per heavy atom. The molecule has 0 N–H and O–H groups in total. The Labute approximate surface area is 88.3 Å². The van der Waals surface area contributed by atoms with Crippen molar-refractivity contribution in [1.82, 2.24) is 0 Å². The fourth-order valence-electron chi connectivity index (χ4n) is 0.878. The van der Waals surface area contributed by atoms with Gasteiger partial charge in [-0.1, -0.05) is 29.1 Å². The molecule has 0 unspecified atom stereocenters. The quantitative estimate of drug-likeness (QED) is 0.467. The van der Waals surface area contributed by atoms with Crippen LogP contribution < -0.4 is 17.0 Å². The van der Waals surface area contributed by atoms with E-state index in [1.54, 1.807) is 0 Å². The molecule has 0 radical (unpaired) electrons. The van der Waals surface area contributed by atoms with Crippen LogP contribution in [0.5, 0.6) is 0 Å². The van der Waals surface area contributed by atoms with Crippen LogP contribution in [0.2, 0.25) is 0 Å². The van der Waals surface area contributed by atoms with Crippen molar-refractivity contribution < 1.29 is 21.5 Å². The Kier molecular flexibility index (Phi) is 7.58. The van der Waals surface area contributed by atoms with Crippen molar-refractivity contribution in [3.8, 4) is 0 Å². The molecule has 0 amide bonds. The first-order chi connectivity index (χ1) is 4.48. The van der Waals surface area contributed by atoms with Gasteiger partial charge < -0.3 is 21.5 Å². The van der Waals surface area contributed by atoms with Gasteiger partial charge >= 0.3 is 0 Å². The number of hydrogen-bond acceptors (Lipinski definition) is 0. The molecule has 0 aromatic rings. The van der Waals surface area contributed by atoms with E-state index >= 15 is 0 Å². The molecule has 0 aliphatic carbocycles. The van der Waals surface area contributed by atoms with E-state index < -0.39 is 0 Å². The molecule has 0 bridgehead atoms. The van der Waals surface area contributed by atoms with Gasteiger partial charge in [-0.3, -0.25) is 0 Å². The predicted octanol–water partition coefficient (Wildman–Crippen LogP) is -0.839. The van der Waals surface area contributed by atoms with Crippen LogP contribution in [0.4, 0.5) is 0 Å². The number of hydrogen-bond donors (Lipinski definition) is 0. The van der Waals surface area contributed by atoms with Gasteiger partial charge in [0, 0.05) is 4.48 Å². The SMILES string of the molecule is C=CC[N+](C)(C)CC(=C)Br.[Br-]. The van der Waals surface area contributed by atoms with Crippen molar-refractivity contribution in [3.05, 3.63) is 23.7 Å². The van der Waals surface area contributed by atoms with Crippen LogP contribution in [-0.2, 0) is 0 Å². The van der Waals surface area contributed by atoms with Crippen LogP contribution in [0.3, 0.4) is 0 Å². The number of nitrogens with zero attached hydrogens (tertiary/aromatic N) is 1. The maximum absolute atomic E-state index is 3.79. The van der Waals surface area contributed by atoms with Crippen molar-refractivity contribution in [2.24, 2.45) is 0 Å². The normalized spacial score (nSPS) is 10.1. The Morgan fingerprint density at radius 3 is 2.27 bits per heavy atom. The lowest BCUT2D eigenvalue weighted by Gasteiger charge is -2.27. The standard InChI is InChI=1S/C8H15BrN.BrH/c1-5-6-10(3,4)7-8(2)9;/h5H,1-2,6-7H2,3-4H3;1H/q+1;/p-1. The van der Waals surface area contributed by atoms with E-state index in [0.29, 0.717) is 0 Å². The molecule has 3 heteroatoms. The van der Waals surface area contributed by atoms with Crippen molar-refractivity contribution in [2.45, 2.75) is 0 Å². The number of halogens is 2. The van der Waals surface area contributed by atoms with Crippen molar-refractivity contribution in [1.29, 1.82) is 0 Å². The first-order valence-corrected chi connectivity index (χ1v) is 4.03. The van der Waals surface area contributed by atoms with Gasteiger partial charge in [0.25, 0.3) is 0 Å². The minimum atomic E-state index is 0. The van der Waals surface area contributed by atoms with Gasteiger partial charge in [0.05, 0.1) is 20.6 Å². The summed E-state index contributed by atoms with van der Waals surface area (Å²) in [6.07, 6.45) is 1.93. The summed E-state index contributed by atoms with van der Waals surface area (Å²) in [6.45, 7) is 9.41. The van der Waals surface area contributed by atoms with Gasteiger partial charge in [0.2, 0.25) is 0 Å². The molecule has 11 heavy (non-hydrogen) atoms. The molecule has 0 atom stereocenters. The molecule has 0 spiro atoms. The topological polar surface area (TPSA) is 0 Å². The molecule has 0 saturated carbocycles. The summed E-state index contributed by atoms with van der Waals surface area (Å²) >= 11 is 3.34. The molecule has 0 saturated heterocycles. The van der Waals surface area contributed by atoms with Crippen LogP contribution in [0.25, 0.3) is 0 Å². The molecule has 0 fully saturated rings. The second-order valence-electron chi connectivity index (χ2n) is 3.08. The van der Waals surface area contributed by atoms with Crippen LogP contribution in [0, 0.1) is 0 Å². The van der Waals surface area contributed by atoms with E-state index in [9.17, 15) is 0 Å². The minimum absolute atomic E-state index is 0. The zero-order valence-corrected chi connectivity index (χ0v) is 10.3. The van der Waals surface area contributed by atoms with Gasteiger partial charge in [-0.15, -0.1) is 0 Å². The second kappa shape index (κ2) is 5.98. The molecule has 0 aromatic heterocycles. The van der Waals surface area contributed by atoms with E-state index in [2.05, 4.69) is 43.2 Å². The van der Waals surface area contributed by atoms with Crippen LogP contribution in [0.15, 0.2) is 23.7 Å². The number of likely N-dealkylation sites (N-methyl/N-ethyl adjacent to an activating group) is 1. The van der Waals surface area contributed by atoms with E-state index in [0.717, 1.165) is 22.1 Å². The third-order valence-electron chi connectivity index (χ3n) is 1.22. The Hall–Kier alpha value is 0.400. The lowest BCUT2D eigenvalue weighted by molar-refractivity contribution is -0.878. The Morgan fingerprint density at radius 2 is 2.00 bits per heavy atom. The summed E-state index contributed by atoms with van der Waals surface area (Å²) in [5.74, 6) is 0. The van der Waals surface area contributed by atoms with Gasteiger partial charge in [0.1, 0.15) is 6.54 Å². The first kappa shape index (κ1) is 14.0. The number of rotatable bonds is 4. The predicted molar refractivity (Wildman–Crippen MR) is 50.1 cm³/mol. The highest BCUT2D eigenvalue weighted by atomic mass is 79.9. The summed E-state index contributed by atoms with van der Waals surface area (Å²) in [5, 5.41) is 0. The molecule has 1 nitrogen and oxygen atoms in total. The monoisotopic (exact) mass is 283 g/mol. The molecule has 0 heterocycles. The second-order valence-corrected chi connectivity index (χ2v) is 4.20. The molecule has 0 aliphatic heterocycles. The van der Waals surface area contributed by atoms with E-state index in [-0.39, 0.29) is 17.0 Å². The largest absolute Gasteiger partial charge is 1.00 e. The van der Waals surface area contributed by atoms with Crippen molar-refractivity contribution >= 4 is 15.9 Å². The van der Waals surface area contributed by atoms with E-state index in [1.165, 1.54) is 0 Å².